The molecule has 2 aliphatic rings. The Balaban J connectivity index is 0.000000483. The van der Waals surface area contributed by atoms with E-state index < -0.39 is 16.6 Å². The summed E-state index contributed by atoms with van der Waals surface area (Å²) in [5.41, 5.74) is 2.72. The van der Waals surface area contributed by atoms with Crippen LogP contribution in [0.1, 0.15) is 38.5 Å². The quantitative estimate of drug-likeness (QED) is 0.198. The molecule has 0 bridgehead atoms. The summed E-state index contributed by atoms with van der Waals surface area (Å²) in [6, 6.07) is 0. The second-order valence-corrected chi connectivity index (χ2v) is 17.8. The van der Waals surface area contributed by atoms with Gasteiger partial charge in [0.05, 0.1) is 0 Å². The summed E-state index contributed by atoms with van der Waals surface area (Å²) in [5.74, 6) is 0. The topological polar surface area (TPSA) is 18.5 Å². The third-order valence-electron chi connectivity index (χ3n) is 3.78. The van der Waals surface area contributed by atoms with Crippen LogP contribution in [0.2, 0.25) is 39.3 Å². The molecular weight excluding hydrogens is 444 g/mol. The monoisotopic (exact) mass is 480 g/mol. The molecule has 0 amide bonds. The van der Waals surface area contributed by atoms with Gasteiger partial charge in [0.25, 0.3) is 0 Å². The maximum atomic E-state index is 5.76. The molecule has 0 saturated heterocycles. The Kier molecular flexibility index (Phi) is 14.3. The summed E-state index contributed by atoms with van der Waals surface area (Å²) in [7, 11) is -2.56. The predicted molar refractivity (Wildman–Crippen MR) is 118 cm³/mol. The van der Waals surface area contributed by atoms with Crippen LogP contribution in [0.5, 0.6) is 0 Å². The maximum absolute atomic E-state index is 5.76. The van der Waals surface area contributed by atoms with E-state index in [9.17, 15) is 0 Å². The minimum atomic E-state index is -1.28. The van der Waals surface area contributed by atoms with Crippen molar-refractivity contribution in [3.05, 3.63) is 47.6 Å². The fourth-order valence-corrected chi connectivity index (χ4v) is 4.04. The van der Waals surface area contributed by atoms with Crippen LogP contribution in [0, 0.1) is 12.2 Å². The number of hydrogen-bond acceptors (Lipinski definition) is 2. The molecule has 0 radical (unpaired) electrons. The van der Waals surface area contributed by atoms with E-state index in [4.69, 9.17) is 8.85 Å². The van der Waals surface area contributed by atoms with Gasteiger partial charge in [-0.05, 0) is 52.1 Å². The molecule has 2 rings (SSSR count). The molecule has 0 heterocycles. The van der Waals surface area contributed by atoms with E-state index in [0.717, 1.165) is 51.7 Å². The second kappa shape index (κ2) is 14.2. The van der Waals surface area contributed by atoms with Gasteiger partial charge in [-0.2, -0.15) is 12.2 Å². The SMILES string of the molecule is C[Si](C)(C)OCCCC1=[C-]CC=C1.C[Si](C)(C)OCCCC1=[C-]CC=C1.[Zr+2]. The van der Waals surface area contributed by atoms with Crippen molar-refractivity contribution in [3.63, 3.8) is 0 Å². The molecule has 27 heavy (non-hydrogen) atoms. The Bertz CT molecular complexity index is 475. The predicted octanol–water partition coefficient (Wildman–Crippen LogP) is 6.61. The summed E-state index contributed by atoms with van der Waals surface area (Å²) in [6.45, 7) is 15.2. The van der Waals surface area contributed by atoms with Crippen molar-refractivity contribution in [3.8, 4) is 0 Å². The standard InChI is InChI=1S/2C11H19OSi.Zr/c2*1-13(2,3)12-10-6-9-11-7-4-5-8-11;/h2*4,7H,5-6,9-10H2,1-3H3;/q2*-1;+2. The zero-order valence-electron chi connectivity index (χ0n) is 18.3. The smallest absolute Gasteiger partial charge is 0.418 e. The normalized spacial score (nSPS) is 15.8. The third-order valence-corrected chi connectivity index (χ3v) is 5.92. The van der Waals surface area contributed by atoms with E-state index in [-0.39, 0.29) is 26.2 Å². The van der Waals surface area contributed by atoms with Crippen LogP contribution in [-0.4, -0.2) is 29.8 Å². The Morgan fingerprint density at radius 1 is 0.741 bits per heavy atom. The molecule has 2 nitrogen and oxygen atoms in total. The van der Waals surface area contributed by atoms with E-state index in [1.807, 2.05) is 0 Å². The molecule has 0 aromatic heterocycles. The average Bonchev–Trinajstić information content (AvgIpc) is 3.20. The van der Waals surface area contributed by atoms with E-state index in [2.05, 4.69) is 75.7 Å². The molecule has 0 aromatic carbocycles. The maximum Gasteiger partial charge on any atom is 2.00 e. The molecule has 0 saturated carbocycles. The fourth-order valence-electron chi connectivity index (χ4n) is 2.53. The summed E-state index contributed by atoms with van der Waals surface area (Å²) in [5, 5.41) is 0. The van der Waals surface area contributed by atoms with E-state index in [1.165, 1.54) is 11.1 Å². The Morgan fingerprint density at radius 3 is 1.37 bits per heavy atom. The van der Waals surface area contributed by atoms with Gasteiger partial charge in [0.1, 0.15) is 0 Å². The van der Waals surface area contributed by atoms with Crippen LogP contribution >= 0.6 is 0 Å². The van der Waals surface area contributed by atoms with E-state index in [1.54, 1.807) is 0 Å². The first-order valence-electron chi connectivity index (χ1n) is 9.96. The summed E-state index contributed by atoms with van der Waals surface area (Å²) >= 11 is 0. The van der Waals surface area contributed by atoms with Gasteiger partial charge < -0.3 is 8.85 Å². The van der Waals surface area contributed by atoms with Crippen LogP contribution in [0.15, 0.2) is 35.5 Å². The van der Waals surface area contributed by atoms with Crippen LogP contribution < -0.4 is 0 Å². The van der Waals surface area contributed by atoms with Crippen molar-refractivity contribution >= 4 is 16.6 Å². The van der Waals surface area contributed by atoms with Crippen molar-refractivity contribution in [2.75, 3.05) is 13.2 Å². The molecule has 0 fully saturated rings. The van der Waals surface area contributed by atoms with Gasteiger partial charge in [-0.15, -0.1) is 12.8 Å². The Morgan fingerprint density at radius 2 is 1.11 bits per heavy atom. The van der Waals surface area contributed by atoms with Gasteiger partial charge in [0, 0.05) is 13.2 Å². The van der Waals surface area contributed by atoms with Crippen molar-refractivity contribution in [2.45, 2.75) is 77.8 Å². The molecule has 0 aromatic rings. The number of rotatable bonds is 10. The van der Waals surface area contributed by atoms with Gasteiger partial charge in [-0.1, -0.05) is 12.8 Å². The van der Waals surface area contributed by atoms with Gasteiger partial charge in [0.2, 0.25) is 0 Å². The molecule has 2 aliphatic carbocycles. The Hall–Kier alpha value is 0.197. The minimum Gasteiger partial charge on any atom is -0.418 e. The molecule has 0 spiro atoms. The zero-order valence-corrected chi connectivity index (χ0v) is 22.7. The number of hydrogen-bond donors (Lipinski definition) is 0. The van der Waals surface area contributed by atoms with Gasteiger partial charge in [-0.3, -0.25) is 12.2 Å². The molecule has 0 atom stereocenters. The molecule has 5 heteroatoms. The van der Waals surface area contributed by atoms with E-state index in [0.29, 0.717) is 0 Å². The average molecular weight is 482 g/mol. The van der Waals surface area contributed by atoms with Crippen molar-refractivity contribution < 1.29 is 35.1 Å². The summed E-state index contributed by atoms with van der Waals surface area (Å²) in [6.07, 6.45) is 21.8. The Labute approximate surface area is 189 Å². The zero-order chi connectivity index (χ0) is 19.5. The van der Waals surface area contributed by atoms with Crippen LogP contribution in [0.4, 0.5) is 0 Å². The molecule has 150 valence electrons. The molecule has 0 aliphatic heterocycles. The van der Waals surface area contributed by atoms with Crippen LogP contribution in [0.25, 0.3) is 0 Å². The van der Waals surface area contributed by atoms with Crippen molar-refractivity contribution in [1.82, 2.24) is 0 Å². The summed E-state index contributed by atoms with van der Waals surface area (Å²) in [4.78, 5) is 0. The fraction of sp³-hybridized carbons (Fsp3) is 0.636. The molecule has 0 N–H and O–H groups in total. The first kappa shape index (κ1) is 27.2. The van der Waals surface area contributed by atoms with Gasteiger partial charge in [0.15, 0.2) is 16.6 Å². The first-order valence-corrected chi connectivity index (χ1v) is 16.8. The second-order valence-electron chi connectivity index (χ2n) is 8.75. The van der Waals surface area contributed by atoms with Crippen LogP contribution in [0.3, 0.4) is 0 Å². The van der Waals surface area contributed by atoms with Crippen LogP contribution in [-0.2, 0) is 35.1 Å². The third kappa shape index (κ3) is 16.8. The summed E-state index contributed by atoms with van der Waals surface area (Å²) < 4.78 is 11.5. The largest absolute Gasteiger partial charge is 2.00 e. The molecular formula is C22H38O2Si2Zr. The van der Waals surface area contributed by atoms with Gasteiger partial charge in [-0.25, -0.2) is 23.3 Å². The minimum absolute atomic E-state index is 0. The molecule has 0 unspecified atom stereocenters. The first-order chi connectivity index (χ1) is 12.2. The number of allylic oxidation sites excluding steroid dienone is 8. The van der Waals surface area contributed by atoms with Crippen molar-refractivity contribution in [1.29, 1.82) is 0 Å². The van der Waals surface area contributed by atoms with E-state index >= 15 is 0 Å². The van der Waals surface area contributed by atoms with Gasteiger partial charge >= 0.3 is 26.2 Å². The van der Waals surface area contributed by atoms with Crippen molar-refractivity contribution in [2.24, 2.45) is 0 Å².